The van der Waals surface area contributed by atoms with E-state index in [2.05, 4.69) is 18.4 Å². The van der Waals surface area contributed by atoms with Crippen molar-refractivity contribution in [3.05, 3.63) is 12.2 Å². The number of nitrogens with zero attached hydrogens (tertiary/aromatic N) is 1. The van der Waals surface area contributed by atoms with E-state index in [0.29, 0.717) is 22.8 Å². The summed E-state index contributed by atoms with van der Waals surface area (Å²) in [5.74, 6) is 2.35. The van der Waals surface area contributed by atoms with Crippen molar-refractivity contribution < 1.29 is 4.79 Å². The topological polar surface area (TPSA) is 20.3 Å². The SMILES string of the molecule is C=C1CN2C3C4CC[C@@]35CCC[C@H]5[C@@]3(CC=O)C2C1CCC43C. The smallest absolute Gasteiger partial charge is 0.120 e. The van der Waals surface area contributed by atoms with Crippen LogP contribution in [0.15, 0.2) is 12.2 Å². The van der Waals surface area contributed by atoms with Gasteiger partial charge in [0.15, 0.2) is 0 Å². The maximum Gasteiger partial charge on any atom is 0.120 e. The van der Waals surface area contributed by atoms with E-state index >= 15 is 0 Å². The van der Waals surface area contributed by atoms with Crippen molar-refractivity contribution in [3.63, 3.8) is 0 Å². The first kappa shape index (κ1) is 13.6. The van der Waals surface area contributed by atoms with E-state index in [-0.39, 0.29) is 5.41 Å². The highest BCUT2D eigenvalue weighted by molar-refractivity contribution is 5.54. The Hall–Kier alpha value is -0.630. The zero-order chi connectivity index (χ0) is 15.6. The van der Waals surface area contributed by atoms with Crippen LogP contribution in [0.5, 0.6) is 0 Å². The van der Waals surface area contributed by atoms with Crippen LogP contribution in [0.25, 0.3) is 0 Å². The zero-order valence-electron chi connectivity index (χ0n) is 14.4. The van der Waals surface area contributed by atoms with Crippen molar-refractivity contribution in [2.24, 2.45) is 34.0 Å². The number of hydrogen-bond donors (Lipinski definition) is 0. The van der Waals surface area contributed by atoms with Gasteiger partial charge in [0.2, 0.25) is 0 Å². The molecule has 2 heteroatoms. The summed E-state index contributed by atoms with van der Waals surface area (Å²) >= 11 is 0. The second-order valence-electron chi connectivity index (χ2n) is 10.0. The Morgan fingerprint density at radius 2 is 2.09 bits per heavy atom. The summed E-state index contributed by atoms with van der Waals surface area (Å²) in [6.07, 6.45) is 11.9. The molecule has 0 aromatic rings. The highest BCUT2D eigenvalue weighted by Gasteiger charge is 2.82. The lowest BCUT2D eigenvalue weighted by molar-refractivity contribution is -0.278. The Labute approximate surface area is 139 Å². The molecule has 8 atom stereocenters. The Bertz CT molecular complexity index is 627. The van der Waals surface area contributed by atoms with Gasteiger partial charge in [-0.2, -0.15) is 0 Å². The third-order valence-corrected chi connectivity index (χ3v) is 10.2. The Morgan fingerprint density at radius 3 is 2.91 bits per heavy atom. The molecule has 2 nitrogen and oxygen atoms in total. The molecule has 23 heavy (non-hydrogen) atoms. The summed E-state index contributed by atoms with van der Waals surface area (Å²) in [5, 5.41) is 0. The van der Waals surface area contributed by atoms with E-state index in [0.717, 1.165) is 30.8 Å². The van der Waals surface area contributed by atoms with E-state index in [1.165, 1.54) is 56.8 Å². The summed E-state index contributed by atoms with van der Waals surface area (Å²) < 4.78 is 0. The maximum absolute atomic E-state index is 11.9. The third-order valence-electron chi connectivity index (χ3n) is 10.2. The monoisotopic (exact) mass is 311 g/mol. The van der Waals surface area contributed by atoms with Gasteiger partial charge >= 0.3 is 0 Å². The predicted octanol–water partition coefficient (Wildman–Crippen LogP) is 3.81. The van der Waals surface area contributed by atoms with Crippen LogP contribution in [-0.4, -0.2) is 29.8 Å². The molecular formula is C21H29NO. The quantitative estimate of drug-likeness (QED) is 0.571. The number of carbonyl (C=O) groups excluding carboxylic acids is 1. The lowest BCUT2D eigenvalue weighted by Crippen LogP contribution is -2.79. The number of aldehydes is 1. The largest absolute Gasteiger partial charge is 0.303 e. The summed E-state index contributed by atoms with van der Waals surface area (Å²) in [4.78, 5) is 14.8. The molecule has 0 aromatic heterocycles. The van der Waals surface area contributed by atoms with Crippen molar-refractivity contribution in [1.29, 1.82) is 0 Å². The van der Waals surface area contributed by atoms with Crippen LogP contribution < -0.4 is 0 Å². The van der Waals surface area contributed by atoms with Crippen LogP contribution in [0.3, 0.4) is 0 Å². The second-order valence-corrected chi connectivity index (χ2v) is 10.0. The highest BCUT2D eigenvalue weighted by Crippen LogP contribution is 2.83. The van der Waals surface area contributed by atoms with Crippen LogP contribution in [0.1, 0.15) is 58.3 Å². The molecule has 0 aromatic carbocycles. The van der Waals surface area contributed by atoms with Gasteiger partial charge in [0.25, 0.3) is 0 Å². The summed E-state index contributed by atoms with van der Waals surface area (Å²) in [6, 6.07) is 1.47. The average Bonchev–Trinajstić information content (AvgIpc) is 3.19. The first-order chi connectivity index (χ1) is 11.1. The van der Waals surface area contributed by atoms with Crippen LogP contribution in [0.4, 0.5) is 0 Å². The number of piperidine rings is 2. The molecule has 6 bridgehead atoms. The van der Waals surface area contributed by atoms with E-state index in [4.69, 9.17) is 0 Å². The molecule has 7 aliphatic rings. The molecule has 1 spiro atoms. The fraction of sp³-hybridized carbons (Fsp3) is 0.857. The number of rotatable bonds is 2. The van der Waals surface area contributed by atoms with Crippen molar-refractivity contribution in [1.82, 2.24) is 4.90 Å². The molecule has 5 unspecified atom stereocenters. The predicted molar refractivity (Wildman–Crippen MR) is 89.9 cm³/mol. The van der Waals surface area contributed by atoms with Gasteiger partial charge in [0.05, 0.1) is 0 Å². The highest BCUT2D eigenvalue weighted by atomic mass is 16.1. The Balaban J connectivity index is 1.68. The van der Waals surface area contributed by atoms with Gasteiger partial charge in [0, 0.05) is 30.5 Å². The molecule has 7 rings (SSSR count). The normalized spacial score (nSPS) is 62.0. The molecular weight excluding hydrogens is 282 g/mol. The minimum atomic E-state index is 0.267. The van der Waals surface area contributed by atoms with Gasteiger partial charge in [-0.25, -0.2) is 0 Å². The molecule has 0 amide bonds. The van der Waals surface area contributed by atoms with Crippen LogP contribution >= 0.6 is 0 Å². The molecule has 3 saturated heterocycles. The summed E-state index contributed by atoms with van der Waals surface area (Å²) in [5.41, 5.74) is 2.74. The molecule has 7 fully saturated rings. The first-order valence-corrected chi connectivity index (χ1v) is 9.97. The van der Waals surface area contributed by atoms with Gasteiger partial charge in [-0.1, -0.05) is 25.5 Å². The van der Waals surface area contributed by atoms with Crippen LogP contribution in [0.2, 0.25) is 0 Å². The first-order valence-electron chi connectivity index (χ1n) is 9.97. The van der Waals surface area contributed by atoms with Crippen molar-refractivity contribution >= 4 is 6.29 Å². The standard InChI is InChI=1S/C21H29NO/c1-13-12-22-17-14(13)5-8-19(2)15-6-9-20(18(15)22)7-3-4-16(20)21(17,19)10-11-23/h11,14-18H,1,3-10,12H2,2H3/t14?,15?,16-,17?,18?,19?,20-,21+/m1/s1. The fourth-order valence-corrected chi connectivity index (χ4v) is 9.87. The van der Waals surface area contributed by atoms with Gasteiger partial charge in [0.1, 0.15) is 6.29 Å². The lowest BCUT2D eigenvalue weighted by atomic mass is 9.34. The van der Waals surface area contributed by atoms with E-state index in [1.54, 1.807) is 0 Å². The number of hydrogen-bond acceptors (Lipinski definition) is 2. The zero-order valence-corrected chi connectivity index (χ0v) is 14.4. The minimum absolute atomic E-state index is 0.267. The molecule has 0 radical (unpaired) electrons. The third kappa shape index (κ3) is 1.10. The number of carbonyl (C=O) groups is 1. The van der Waals surface area contributed by atoms with Crippen molar-refractivity contribution in [2.45, 2.75) is 70.4 Å². The van der Waals surface area contributed by atoms with Crippen LogP contribution in [0, 0.1) is 34.0 Å². The fourth-order valence-electron chi connectivity index (χ4n) is 9.87. The van der Waals surface area contributed by atoms with Gasteiger partial charge in [-0.3, -0.25) is 4.90 Å². The Morgan fingerprint density at radius 1 is 1.22 bits per heavy atom. The molecule has 4 saturated carbocycles. The molecule has 3 aliphatic heterocycles. The maximum atomic E-state index is 11.9. The molecule has 4 aliphatic carbocycles. The van der Waals surface area contributed by atoms with Gasteiger partial charge in [-0.15, -0.1) is 0 Å². The van der Waals surface area contributed by atoms with Crippen molar-refractivity contribution in [2.75, 3.05) is 6.54 Å². The van der Waals surface area contributed by atoms with Crippen LogP contribution in [-0.2, 0) is 4.79 Å². The van der Waals surface area contributed by atoms with E-state index in [9.17, 15) is 4.79 Å². The minimum Gasteiger partial charge on any atom is -0.303 e. The molecule has 3 heterocycles. The van der Waals surface area contributed by atoms with E-state index in [1.807, 2.05) is 0 Å². The lowest BCUT2D eigenvalue weighted by Gasteiger charge is -2.76. The molecule has 0 N–H and O–H groups in total. The summed E-state index contributed by atoms with van der Waals surface area (Å²) in [6.45, 7) is 8.25. The van der Waals surface area contributed by atoms with Gasteiger partial charge in [-0.05, 0) is 67.1 Å². The Kier molecular flexibility index (Phi) is 2.25. The second kappa shape index (κ2) is 3.79. The van der Waals surface area contributed by atoms with E-state index < -0.39 is 0 Å². The van der Waals surface area contributed by atoms with Crippen molar-refractivity contribution in [3.8, 4) is 0 Å². The molecule has 124 valence electrons. The van der Waals surface area contributed by atoms with Gasteiger partial charge < -0.3 is 4.79 Å². The average molecular weight is 311 g/mol. The summed E-state index contributed by atoms with van der Waals surface area (Å²) in [7, 11) is 0.